The molecule has 5 aromatic rings. The smallest absolute Gasteiger partial charge is 0.349 e. The third-order valence-electron chi connectivity index (χ3n) is 6.03. The van der Waals surface area contributed by atoms with E-state index < -0.39 is 5.63 Å². The Labute approximate surface area is 229 Å². The van der Waals surface area contributed by atoms with Crippen molar-refractivity contribution in [3.05, 3.63) is 128 Å². The number of nitrogens with zero attached hydrogens (tertiary/aromatic N) is 2. The fourth-order valence-electron chi connectivity index (χ4n) is 4.08. The second-order valence-electron chi connectivity index (χ2n) is 8.75. The van der Waals surface area contributed by atoms with E-state index in [-0.39, 0.29) is 23.7 Å². The predicted molar refractivity (Wildman–Crippen MR) is 151 cm³/mol. The molecule has 0 atom stereocenters. The zero-order valence-corrected chi connectivity index (χ0v) is 22.3. The summed E-state index contributed by atoms with van der Waals surface area (Å²) in [6, 6.07) is 28.0. The highest BCUT2D eigenvalue weighted by Crippen LogP contribution is 2.29. The summed E-state index contributed by atoms with van der Waals surface area (Å²) in [5, 5.41) is 1.87. The van der Waals surface area contributed by atoms with Gasteiger partial charge in [-0.3, -0.25) is 4.79 Å². The number of aromatic nitrogens is 1. The molecule has 3 aromatic carbocycles. The van der Waals surface area contributed by atoms with Gasteiger partial charge in [0.05, 0.1) is 25.0 Å². The number of Topliss-reactive ketones (excluding diaryl/α,β-unsaturated/α-hetero) is 1. The molecule has 0 aliphatic carbocycles. The number of ketones is 1. The highest BCUT2D eigenvalue weighted by molar-refractivity contribution is 7.07. The van der Waals surface area contributed by atoms with Gasteiger partial charge >= 0.3 is 5.63 Å². The van der Waals surface area contributed by atoms with E-state index in [4.69, 9.17) is 18.9 Å². The van der Waals surface area contributed by atoms with Crippen LogP contribution in [0.3, 0.4) is 0 Å². The van der Waals surface area contributed by atoms with Crippen LogP contribution in [-0.4, -0.2) is 24.1 Å². The molecule has 0 spiro atoms. The molecule has 0 saturated heterocycles. The van der Waals surface area contributed by atoms with Gasteiger partial charge < -0.3 is 18.5 Å². The van der Waals surface area contributed by atoms with Crippen molar-refractivity contribution in [2.75, 3.05) is 13.7 Å². The van der Waals surface area contributed by atoms with Crippen LogP contribution in [0.15, 0.2) is 111 Å². The number of carbonyl (C=O) groups is 1. The molecule has 0 bridgehead atoms. The summed E-state index contributed by atoms with van der Waals surface area (Å²) in [4.78, 5) is 31.6. The molecular weight excluding hydrogens is 512 g/mol. The number of para-hydroxylation sites is 1. The van der Waals surface area contributed by atoms with E-state index in [9.17, 15) is 9.59 Å². The lowest BCUT2D eigenvalue weighted by Gasteiger charge is -2.13. The monoisotopic (exact) mass is 538 g/mol. The largest absolute Gasteiger partial charge is 0.497 e. The van der Waals surface area contributed by atoms with Gasteiger partial charge in [-0.05, 0) is 48.9 Å². The van der Waals surface area contributed by atoms with Gasteiger partial charge in [0, 0.05) is 17.0 Å². The minimum absolute atomic E-state index is 0.225. The topological polar surface area (TPSA) is 83.0 Å². The van der Waals surface area contributed by atoms with Crippen LogP contribution in [0.25, 0.3) is 11.3 Å². The van der Waals surface area contributed by atoms with Crippen molar-refractivity contribution in [2.24, 2.45) is 4.99 Å². The Morgan fingerprint density at radius 3 is 2.36 bits per heavy atom. The Hall–Kier alpha value is -4.69. The summed E-state index contributed by atoms with van der Waals surface area (Å²) < 4.78 is 18.6. The molecule has 2 heterocycles. The number of carbonyl (C=O) groups excluding carboxylic acids is 1. The molecule has 0 fully saturated rings. The van der Waals surface area contributed by atoms with Gasteiger partial charge in [0.2, 0.25) is 0 Å². The zero-order chi connectivity index (χ0) is 27.2. The van der Waals surface area contributed by atoms with Gasteiger partial charge in [-0.15, -0.1) is 11.3 Å². The van der Waals surface area contributed by atoms with E-state index in [0.29, 0.717) is 34.1 Å². The van der Waals surface area contributed by atoms with Crippen LogP contribution < -0.4 is 19.9 Å². The number of aryl methyl sites for hydroxylation is 1. The van der Waals surface area contributed by atoms with Gasteiger partial charge in [0.1, 0.15) is 22.8 Å². The van der Waals surface area contributed by atoms with Crippen molar-refractivity contribution < 1.29 is 18.7 Å². The Morgan fingerprint density at radius 2 is 1.67 bits per heavy atom. The Balaban J connectivity index is 1.56. The molecule has 0 saturated carbocycles. The van der Waals surface area contributed by atoms with Crippen molar-refractivity contribution >= 4 is 22.8 Å². The molecule has 2 aromatic heterocycles. The molecule has 8 heteroatoms. The number of rotatable bonds is 9. The number of hydrogen-bond acceptors (Lipinski definition) is 7. The van der Waals surface area contributed by atoms with Crippen molar-refractivity contribution in [1.29, 1.82) is 0 Å². The summed E-state index contributed by atoms with van der Waals surface area (Å²) in [7, 11) is 1.57. The lowest BCUT2D eigenvalue weighted by Crippen LogP contribution is -2.20. The molecule has 0 radical (unpaired) electrons. The number of hydrogen-bond donors (Lipinski definition) is 0. The van der Waals surface area contributed by atoms with Crippen molar-refractivity contribution in [3.8, 4) is 22.8 Å². The van der Waals surface area contributed by atoms with Crippen molar-refractivity contribution in [1.82, 2.24) is 4.57 Å². The number of methoxy groups -OCH3 is 1. The molecule has 0 unspecified atom stereocenters. The lowest BCUT2D eigenvalue weighted by atomic mass is 10.1. The van der Waals surface area contributed by atoms with Crippen LogP contribution >= 0.6 is 11.3 Å². The minimum atomic E-state index is -0.548. The fourth-order valence-corrected chi connectivity index (χ4v) is 4.99. The van der Waals surface area contributed by atoms with E-state index in [1.807, 2.05) is 70.6 Å². The molecule has 0 aliphatic rings. The first-order valence-electron chi connectivity index (χ1n) is 12.3. The van der Waals surface area contributed by atoms with Crippen LogP contribution in [-0.2, 0) is 6.54 Å². The summed E-state index contributed by atoms with van der Waals surface area (Å²) in [5.74, 6) is 1.09. The number of ether oxygens (including phenoxy) is 2. The van der Waals surface area contributed by atoms with Gasteiger partial charge in [-0.25, -0.2) is 9.79 Å². The van der Waals surface area contributed by atoms with Gasteiger partial charge in [0.25, 0.3) is 0 Å². The quantitative estimate of drug-likeness (QED) is 0.214. The van der Waals surface area contributed by atoms with E-state index in [1.54, 1.807) is 44.4 Å². The molecule has 7 nitrogen and oxygen atoms in total. The maximum Gasteiger partial charge on any atom is 0.349 e. The highest BCUT2D eigenvalue weighted by atomic mass is 32.1. The van der Waals surface area contributed by atoms with Crippen LogP contribution in [0.2, 0.25) is 0 Å². The Kier molecular flexibility index (Phi) is 7.84. The standard InChI is InChI=1S/C31H26N2O5S/c1-21-17-28(37-19-27(34)23-13-15-25(36-2)16-14-23)29(30(35)38-21)26-20-39-31(32-24-11-7-4-8-12-24)33(26)18-22-9-5-3-6-10-22/h3-17,20H,18-19H2,1-2H3. The Bertz CT molecular complexity index is 1700. The summed E-state index contributed by atoms with van der Waals surface area (Å²) in [5.41, 5.74) is 2.61. The Morgan fingerprint density at radius 1 is 0.974 bits per heavy atom. The minimum Gasteiger partial charge on any atom is -0.497 e. The molecule has 0 N–H and O–H groups in total. The molecule has 5 rings (SSSR count). The van der Waals surface area contributed by atoms with Gasteiger partial charge in [0.15, 0.2) is 17.2 Å². The van der Waals surface area contributed by atoms with Crippen LogP contribution in [0.5, 0.6) is 11.5 Å². The predicted octanol–water partition coefficient (Wildman–Crippen LogP) is 6.03. The normalized spacial score (nSPS) is 11.4. The third kappa shape index (κ3) is 6.08. The van der Waals surface area contributed by atoms with Gasteiger partial charge in [-0.1, -0.05) is 48.5 Å². The fraction of sp³-hybridized carbons (Fsp3) is 0.129. The zero-order valence-electron chi connectivity index (χ0n) is 21.5. The second kappa shape index (κ2) is 11.8. The second-order valence-corrected chi connectivity index (χ2v) is 9.58. The lowest BCUT2D eigenvalue weighted by molar-refractivity contribution is 0.0921. The van der Waals surface area contributed by atoms with Crippen LogP contribution in [0.4, 0.5) is 5.69 Å². The van der Waals surface area contributed by atoms with Crippen LogP contribution in [0.1, 0.15) is 21.7 Å². The third-order valence-corrected chi connectivity index (χ3v) is 6.89. The highest BCUT2D eigenvalue weighted by Gasteiger charge is 2.21. The van der Waals surface area contributed by atoms with Crippen LogP contribution in [0, 0.1) is 6.92 Å². The number of thiazole rings is 1. The van der Waals surface area contributed by atoms with E-state index in [0.717, 1.165) is 11.3 Å². The molecule has 196 valence electrons. The van der Waals surface area contributed by atoms with Crippen molar-refractivity contribution in [2.45, 2.75) is 13.5 Å². The molecular formula is C31H26N2O5S. The van der Waals surface area contributed by atoms with E-state index in [1.165, 1.54) is 11.3 Å². The first kappa shape index (κ1) is 25.9. The molecule has 0 aliphatic heterocycles. The first-order chi connectivity index (χ1) is 19.0. The first-order valence-corrected chi connectivity index (χ1v) is 13.2. The summed E-state index contributed by atoms with van der Waals surface area (Å²) in [6.07, 6.45) is 0. The van der Waals surface area contributed by atoms with Crippen molar-refractivity contribution in [3.63, 3.8) is 0 Å². The molecule has 0 amide bonds. The summed E-state index contributed by atoms with van der Waals surface area (Å²) >= 11 is 1.41. The van der Waals surface area contributed by atoms with Gasteiger partial charge in [-0.2, -0.15) is 0 Å². The molecule has 39 heavy (non-hydrogen) atoms. The average Bonchev–Trinajstić information content (AvgIpc) is 3.33. The van der Waals surface area contributed by atoms with E-state index in [2.05, 4.69) is 0 Å². The maximum absolute atomic E-state index is 13.2. The van der Waals surface area contributed by atoms with E-state index >= 15 is 0 Å². The summed E-state index contributed by atoms with van der Waals surface area (Å²) in [6.45, 7) is 1.90. The SMILES string of the molecule is COc1ccc(C(=O)COc2cc(C)oc(=O)c2-c2csc(=Nc3ccccc3)n2Cc2ccccc2)cc1. The average molecular weight is 539 g/mol. The maximum atomic E-state index is 13.2. The number of benzene rings is 3.